The summed E-state index contributed by atoms with van der Waals surface area (Å²) in [6, 6.07) is 37.8. The largest absolute Gasteiger partial charge is 0.467 e. The average molecular weight is 1930 g/mol. The third-order valence-electron chi connectivity index (χ3n) is 17.7. The molecule has 15 aromatic rings. The van der Waals surface area contributed by atoms with Gasteiger partial charge in [0.2, 0.25) is 0 Å². The molecule has 0 aliphatic heterocycles. The van der Waals surface area contributed by atoms with Crippen LogP contribution < -0.4 is 26.6 Å². The molecule has 0 bridgehead atoms. The molecule has 0 aliphatic rings. The van der Waals surface area contributed by atoms with E-state index < -0.39 is 76.9 Å². The van der Waals surface area contributed by atoms with Gasteiger partial charge < -0.3 is 35.6 Å². The van der Waals surface area contributed by atoms with Crippen LogP contribution >= 0.6 is 79.6 Å². The van der Waals surface area contributed by atoms with E-state index >= 15 is 0 Å². The smallest absolute Gasteiger partial charge is 0.433 e. The third-order valence-corrected chi connectivity index (χ3v) is 24.4. The molecule has 5 amide bonds. The van der Waals surface area contributed by atoms with Gasteiger partial charge in [-0.05, 0) is 163 Å². The Kier molecular flexibility index (Phi) is 31.3. The summed E-state index contributed by atoms with van der Waals surface area (Å²) in [6.07, 6.45) is -14.2. The third kappa shape index (κ3) is 26.4. The molecule has 0 aliphatic carbocycles. The van der Waals surface area contributed by atoms with Crippen molar-refractivity contribution in [2.45, 2.75) is 69.9 Å². The number of alkyl halides is 15. The van der Waals surface area contributed by atoms with Crippen LogP contribution in [0, 0.1) is 11.6 Å². The Hall–Kier alpha value is -12.4. The molecule has 23 nitrogen and oxygen atoms in total. The van der Waals surface area contributed by atoms with E-state index in [2.05, 4.69) is 57.1 Å². The number of thiophene rings is 6. The van der Waals surface area contributed by atoms with E-state index in [0.717, 1.165) is 154 Å². The zero-order valence-corrected chi connectivity index (χ0v) is 72.3. The van der Waals surface area contributed by atoms with Crippen LogP contribution in [0.15, 0.2) is 193 Å². The van der Waals surface area contributed by atoms with Crippen molar-refractivity contribution in [2.75, 3.05) is 13.1 Å². The van der Waals surface area contributed by atoms with Gasteiger partial charge in [-0.3, -0.25) is 47.4 Å². The molecule has 674 valence electrons. The first-order chi connectivity index (χ1) is 60.4. The van der Waals surface area contributed by atoms with Crippen LogP contribution in [0.2, 0.25) is 5.02 Å². The van der Waals surface area contributed by atoms with Gasteiger partial charge >= 0.3 is 30.9 Å². The molecule has 0 fully saturated rings. The lowest BCUT2D eigenvalue weighted by atomic mass is 10.2. The molecular weight excluding hydrogens is 1860 g/mol. The van der Waals surface area contributed by atoms with E-state index in [1.165, 1.54) is 58.5 Å². The van der Waals surface area contributed by atoms with Crippen molar-refractivity contribution >= 4 is 109 Å². The summed E-state index contributed by atoms with van der Waals surface area (Å²) in [4.78, 5) is 70.2. The van der Waals surface area contributed by atoms with Crippen LogP contribution in [0.5, 0.6) is 0 Å². The first-order valence-electron chi connectivity index (χ1n) is 37.1. The fourth-order valence-corrected chi connectivity index (χ4v) is 16.9. The van der Waals surface area contributed by atoms with E-state index in [4.69, 9.17) is 16.0 Å². The molecule has 0 atom stereocenters. The van der Waals surface area contributed by atoms with Crippen molar-refractivity contribution < 1.29 is 103 Å². The lowest BCUT2D eigenvalue weighted by molar-refractivity contribution is -0.144. The number of nitrogens with one attached hydrogen (secondary N) is 5. The number of hydrogen-bond acceptors (Lipinski definition) is 18. The molecule has 0 saturated heterocycles. The minimum absolute atomic E-state index is 0.0947. The molecule has 0 unspecified atom stereocenters. The van der Waals surface area contributed by atoms with Crippen LogP contribution in [-0.2, 0) is 98.7 Å². The molecule has 5 N–H and O–H groups in total. The normalized spacial score (nSPS) is 11.6. The van der Waals surface area contributed by atoms with Crippen LogP contribution in [0.3, 0.4) is 0 Å². The predicted octanol–water partition coefficient (Wildman–Crippen LogP) is 20.2. The van der Waals surface area contributed by atoms with Crippen molar-refractivity contribution in [3.05, 3.63) is 279 Å². The number of amides is 5. The molecule has 128 heavy (non-hydrogen) atoms. The van der Waals surface area contributed by atoms with E-state index in [9.17, 15) is 98.6 Å². The van der Waals surface area contributed by atoms with Gasteiger partial charge in [0, 0.05) is 96.3 Å². The Balaban J connectivity index is 0.000000155. The van der Waals surface area contributed by atoms with E-state index in [1.807, 2.05) is 34.3 Å². The Labute approximate surface area is 743 Å². The maximum Gasteiger partial charge on any atom is 0.433 e. The topological polar surface area (TPSA) is 266 Å². The van der Waals surface area contributed by atoms with Crippen LogP contribution in [0.4, 0.5) is 74.6 Å². The Morgan fingerprint density at radius 2 is 0.758 bits per heavy atom. The number of rotatable bonds is 23. The molecule has 2 aromatic carbocycles. The fraction of sp³-hybridized carbons (Fsp3) is 0.222. The second-order valence-electron chi connectivity index (χ2n) is 27.0. The van der Waals surface area contributed by atoms with E-state index in [1.54, 1.807) is 103 Å². The second kappa shape index (κ2) is 41.6. The Morgan fingerprint density at radius 1 is 0.398 bits per heavy atom. The summed E-state index contributed by atoms with van der Waals surface area (Å²) in [5.74, 6) is -2.54. The molecule has 0 radical (unpaired) electrons. The van der Waals surface area contributed by atoms with E-state index in [0.29, 0.717) is 74.3 Å². The summed E-state index contributed by atoms with van der Waals surface area (Å²) >= 11 is 12.9. The van der Waals surface area contributed by atoms with Gasteiger partial charge in [0.05, 0.1) is 67.9 Å². The van der Waals surface area contributed by atoms with Crippen molar-refractivity contribution in [3.8, 4) is 52.9 Å². The molecule has 13 heterocycles. The van der Waals surface area contributed by atoms with Gasteiger partial charge in [-0.25, -0.2) is 13.8 Å². The number of nitrogens with zero attached hydrogens (tertiary/aromatic N) is 12. The zero-order valence-electron chi connectivity index (χ0n) is 66.6. The van der Waals surface area contributed by atoms with Crippen LogP contribution in [-0.4, -0.2) is 101 Å². The average Bonchev–Trinajstić information content (AvgIpc) is 1.68. The van der Waals surface area contributed by atoms with Crippen LogP contribution in [0.25, 0.3) is 52.9 Å². The highest BCUT2D eigenvalue weighted by molar-refractivity contribution is 7.18. The maximum atomic E-state index is 13.1. The zero-order chi connectivity index (χ0) is 92.7. The highest BCUT2D eigenvalue weighted by atomic mass is 35.5. The lowest BCUT2D eigenvalue weighted by Gasteiger charge is -2.04. The molecule has 13 aromatic heterocycles. The molecule has 47 heteroatoms. The monoisotopic (exact) mass is 1920 g/mol. The number of imidazole rings is 1. The molecule has 15 rings (SSSR count). The number of furan rings is 1. The summed E-state index contributed by atoms with van der Waals surface area (Å²) in [6.45, 7) is 2.18. The van der Waals surface area contributed by atoms with Crippen LogP contribution in [0.1, 0.15) is 105 Å². The Morgan fingerprint density at radius 3 is 1.08 bits per heavy atom. The molecule has 0 saturated carbocycles. The maximum absolute atomic E-state index is 13.1. The lowest BCUT2D eigenvalue weighted by Crippen LogP contribution is -2.24. The quantitative estimate of drug-likeness (QED) is 0.0296. The Bertz CT molecular complexity index is 6260. The predicted molar refractivity (Wildman–Crippen MR) is 447 cm³/mol. The van der Waals surface area contributed by atoms with Crippen molar-refractivity contribution in [1.82, 2.24) is 85.0 Å². The van der Waals surface area contributed by atoms with Gasteiger partial charge in [0.15, 0.2) is 0 Å². The van der Waals surface area contributed by atoms with Gasteiger partial charge in [0.1, 0.15) is 74.3 Å². The first-order valence-corrected chi connectivity index (χ1v) is 42.4. The minimum atomic E-state index is -4.53. The number of halogens is 18. The number of carbonyl (C=O) groups excluding carboxylic acids is 5. The number of aromatic nitrogens is 12. The summed E-state index contributed by atoms with van der Waals surface area (Å²) in [5, 5.41) is 35.5. The fourth-order valence-electron chi connectivity index (χ4n) is 11.6. The SMILES string of the molecule is Cn1nc(-c2ccc(C(=O)NCCCn3ccnc3)s2)cc1C(F)(F)F.Cn1nc(-c2ccc(C(=O)NCCc3cccs3)s2)cc1C(F)(F)F.Cn1nc(-c2ccc(C(=O)NCc3cc(F)cc(F)c3)s2)cc1C(F)(F)F.Cn1nc(-c2ccc(C(=O)NCc3cccc(Cl)c3)s2)cc1C(F)(F)F.Cn1nc(-c2ccc(C(=O)NCc3ccco3)s2)cc1C(F)(F)F. The standard InChI is InChI=1S/C17H13ClF3N3OS.C17H12F5N3OS.C16H16F3N5OS.C16H14F3N3OS2.C15H12F3N3O2S/c1-24-15(17(19,20)21)8-12(23-24)13-5-6-14(26-13)16(25)22-9-10-3-2-4-11(18)7-10;1-25-15(17(20,21)22)7-12(24-25)13-2-3-14(27-13)16(26)23-8-9-4-10(18)6-11(19)5-9;1-23-14(16(17,18)19)9-11(22-23)12-3-4-13(26-12)15(25)21-5-2-7-24-8-6-20-10-24;1-22-14(16(17,18)19)9-11(21-22)12-4-5-13(25-12)15(23)20-7-6-10-3-2-8-24-10;1-21-13(15(16,17)18)7-10(20-21)11-4-5-12(24-11)14(22)19-8-9-3-2-6-23-9/h2-8H,9H2,1H3,(H,22,25);2-7H,8H2,1H3,(H,23,26);3-4,6,8-10H,2,5,7H2,1H3,(H,21,25);2-5,8-9H,6-7H2,1H3,(H,20,23);2-7H,8H2,1H3,(H,19,22). The number of carbonyl (C=O) groups is 5. The van der Waals surface area contributed by atoms with Crippen molar-refractivity contribution in [1.29, 1.82) is 0 Å². The van der Waals surface area contributed by atoms with Crippen molar-refractivity contribution in [3.63, 3.8) is 0 Å². The van der Waals surface area contributed by atoms with Crippen molar-refractivity contribution in [2.24, 2.45) is 35.2 Å². The van der Waals surface area contributed by atoms with Gasteiger partial charge in [0.25, 0.3) is 29.5 Å². The number of aryl methyl sites for hydroxylation is 6. The highest BCUT2D eigenvalue weighted by Gasteiger charge is 2.40. The van der Waals surface area contributed by atoms with Gasteiger partial charge in [-0.1, -0.05) is 29.8 Å². The highest BCUT2D eigenvalue weighted by Crippen LogP contribution is 2.40. The number of benzene rings is 2. The summed E-state index contributed by atoms with van der Waals surface area (Å²) in [5.41, 5.74) is -2.27. The number of hydrogen-bond donors (Lipinski definition) is 5. The molecular formula is C81H67ClF17N17O6S6. The second-order valence-corrected chi connectivity index (χ2v) is 33.9. The minimum Gasteiger partial charge on any atom is -0.467 e. The molecule has 0 spiro atoms. The van der Waals surface area contributed by atoms with Gasteiger partial charge in [-0.2, -0.15) is 91.3 Å². The first kappa shape index (κ1) is 96.3. The van der Waals surface area contributed by atoms with Gasteiger partial charge in [-0.15, -0.1) is 68.0 Å². The summed E-state index contributed by atoms with van der Waals surface area (Å²) in [7, 11) is 6.15. The summed E-state index contributed by atoms with van der Waals surface area (Å²) < 4.78 is 230. The van der Waals surface area contributed by atoms with E-state index in [-0.39, 0.29) is 75.6 Å².